The summed E-state index contributed by atoms with van der Waals surface area (Å²) >= 11 is 0. The Balaban J connectivity index is 0.000000509. The van der Waals surface area contributed by atoms with Gasteiger partial charge in [0.15, 0.2) is 0 Å². The number of carbonyl (C=O) groups excluding carboxylic acids is 1. The van der Waals surface area contributed by atoms with Gasteiger partial charge in [-0.3, -0.25) is 9.52 Å². The molecular weight excluding hydrogens is 479 g/mol. The molecule has 0 aliphatic carbocycles. The number of aromatic amines is 1. The average molecular weight is 501 g/mol. The Morgan fingerprint density at radius 1 is 1.18 bits per heavy atom. The number of benzene rings is 1. The summed E-state index contributed by atoms with van der Waals surface area (Å²) in [7, 11) is -3.32. The lowest BCUT2D eigenvalue weighted by molar-refractivity contribution is -0.192. The molecule has 2 aromatic heterocycles. The van der Waals surface area contributed by atoms with Crippen molar-refractivity contribution in [2.24, 2.45) is 5.73 Å². The fourth-order valence-electron chi connectivity index (χ4n) is 2.81. The largest absolute Gasteiger partial charge is 0.490 e. The number of hydrogen-bond donors (Lipinski definition) is 5. The fraction of sp³-hybridized carbons (Fsp3) is 0.250. The highest BCUT2D eigenvalue weighted by Gasteiger charge is 2.38. The first kappa shape index (κ1) is 26.6. The maximum absolute atomic E-state index is 11.9. The van der Waals surface area contributed by atoms with Gasteiger partial charge in [-0.25, -0.2) is 18.2 Å². The highest BCUT2D eigenvalue weighted by Crippen LogP contribution is 2.29. The molecule has 0 unspecified atom stereocenters. The zero-order valence-electron chi connectivity index (χ0n) is 17.8. The van der Waals surface area contributed by atoms with Gasteiger partial charge in [0.1, 0.15) is 5.65 Å². The summed E-state index contributed by atoms with van der Waals surface area (Å²) in [6.07, 6.45) is -2.07. The Kier molecular flexibility index (Phi) is 8.59. The monoisotopic (exact) mass is 501 g/mol. The maximum Gasteiger partial charge on any atom is 0.490 e. The second-order valence-electron chi connectivity index (χ2n) is 6.99. The molecule has 0 spiro atoms. The zero-order valence-corrected chi connectivity index (χ0v) is 18.6. The summed E-state index contributed by atoms with van der Waals surface area (Å²) < 4.78 is 56.8. The SMILES string of the molecule is CS(=O)(=O)Nc1ccc(-c2ccnc3[nH]c(CC(=O)NCCN)cc23)cc1.O=C(O)C(F)(F)F. The minimum absolute atomic E-state index is 0.107. The third-order valence-corrected chi connectivity index (χ3v) is 4.75. The van der Waals surface area contributed by atoms with E-state index < -0.39 is 22.2 Å². The lowest BCUT2D eigenvalue weighted by Crippen LogP contribution is -2.30. The Morgan fingerprint density at radius 2 is 1.79 bits per heavy atom. The number of carboxylic acid groups (broad SMARTS) is 1. The first-order valence-electron chi connectivity index (χ1n) is 9.62. The van der Waals surface area contributed by atoms with E-state index in [1.54, 1.807) is 18.3 Å². The maximum atomic E-state index is 11.9. The average Bonchev–Trinajstić information content (AvgIpc) is 3.14. The molecule has 34 heavy (non-hydrogen) atoms. The number of hydrogen-bond acceptors (Lipinski definition) is 6. The highest BCUT2D eigenvalue weighted by molar-refractivity contribution is 7.92. The Bertz CT molecular complexity index is 1260. The number of halogens is 3. The van der Waals surface area contributed by atoms with Gasteiger partial charge in [0.05, 0.1) is 12.7 Å². The van der Waals surface area contributed by atoms with Crippen LogP contribution in [-0.4, -0.2) is 60.9 Å². The number of fused-ring (bicyclic) bond motifs is 1. The molecule has 0 atom stereocenters. The van der Waals surface area contributed by atoms with E-state index in [9.17, 15) is 26.4 Å². The van der Waals surface area contributed by atoms with Crippen LogP contribution < -0.4 is 15.8 Å². The second-order valence-corrected chi connectivity index (χ2v) is 8.73. The van der Waals surface area contributed by atoms with Gasteiger partial charge >= 0.3 is 12.1 Å². The summed E-state index contributed by atoms with van der Waals surface area (Å²) in [5.41, 5.74) is 9.19. The van der Waals surface area contributed by atoms with Crippen LogP contribution in [0.5, 0.6) is 0 Å². The van der Waals surface area contributed by atoms with Crippen LogP contribution in [0.3, 0.4) is 0 Å². The van der Waals surface area contributed by atoms with Crippen LogP contribution in [0.25, 0.3) is 22.2 Å². The number of nitrogens with zero attached hydrogens (tertiary/aromatic N) is 1. The Labute approximate surface area is 192 Å². The van der Waals surface area contributed by atoms with Crippen LogP contribution in [-0.2, 0) is 26.0 Å². The molecule has 0 aliphatic heterocycles. The molecule has 3 rings (SSSR count). The molecule has 0 radical (unpaired) electrons. The van der Waals surface area contributed by atoms with E-state index in [4.69, 9.17) is 15.6 Å². The van der Waals surface area contributed by atoms with Crippen molar-refractivity contribution in [1.82, 2.24) is 15.3 Å². The van der Waals surface area contributed by atoms with Gasteiger partial charge in [0.2, 0.25) is 15.9 Å². The molecule has 14 heteroatoms. The molecule has 0 aliphatic rings. The number of sulfonamides is 1. The van der Waals surface area contributed by atoms with Gasteiger partial charge in [-0.15, -0.1) is 0 Å². The third-order valence-electron chi connectivity index (χ3n) is 4.15. The molecule has 184 valence electrons. The smallest absolute Gasteiger partial charge is 0.475 e. The number of rotatable bonds is 7. The van der Waals surface area contributed by atoms with E-state index in [-0.39, 0.29) is 12.3 Å². The lowest BCUT2D eigenvalue weighted by atomic mass is 10.0. The van der Waals surface area contributed by atoms with Crippen molar-refractivity contribution in [1.29, 1.82) is 0 Å². The van der Waals surface area contributed by atoms with E-state index >= 15 is 0 Å². The number of alkyl halides is 3. The van der Waals surface area contributed by atoms with Gasteiger partial charge in [-0.05, 0) is 35.4 Å². The van der Waals surface area contributed by atoms with Crippen molar-refractivity contribution in [3.8, 4) is 11.1 Å². The van der Waals surface area contributed by atoms with E-state index in [0.717, 1.165) is 28.5 Å². The molecule has 0 fully saturated rings. The summed E-state index contributed by atoms with van der Waals surface area (Å²) in [6.45, 7) is 0.838. The highest BCUT2D eigenvalue weighted by atomic mass is 32.2. The fourth-order valence-corrected chi connectivity index (χ4v) is 3.37. The van der Waals surface area contributed by atoms with Gasteiger partial charge in [-0.2, -0.15) is 13.2 Å². The number of nitrogens with one attached hydrogen (secondary N) is 3. The van der Waals surface area contributed by atoms with Crippen molar-refractivity contribution in [2.45, 2.75) is 12.6 Å². The molecule has 1 aromatic carbocycles. The topological polar surface area (TPSA) is 167 Å². The summed E-state index contributed by atoms with van der Waals surface area (Å²) in [6, 6.07) is 10.9. The number of carbonyl (C=O) groups is 2. The summed E-state index contributed by atoms with van der Waals surface area (Å²) in [5, 5.41) is 10.8. The molecule has 10 nitrogen and oxygen atoms in total. The summed E-state index contributed by atoms with van der Waals surface area (Å²) in [4.78, 5) is 28.3. The van der Waals surface area contributed by atoms with Crippen molar-refractivity contribution < 1.29 is 36.3 Å². The minimum Gasteiger partial charge on any atom is -0.475 e. The third kappa shape index (κ3) is 8.04. The van der Waals surface area contributed by atoms with Gasteiger partial charge in [0.25, 0.3) is 0 Å². The number of amides is 1. The number of nitrogens with two attached hydrogens (primary N) is 1. The van der Waals surface area contributed by atoms with Gasteiger partial charge in [0, 0.05) is 36.1 Å². The molecular formula is C20H22F3N5O5S. The van der Waals surface area contributed by atoms with Crippen LogP contribution in [0.1, 0.15) is 5.69 Å². The molecule has 2 heterocycles. The molecule has 1 amide bonds. The lowest BCUT2D eigenvalue weighted by Gasteiger charge is -2.06. The number of aromatic nitrogens is 2. The van der Waals surface area contributed by atoms with Crippen LogP contribution in [0.2, 0.25) is 0 Å². The Morgan fingerprint density at radius 3 is 2.32 bits per heavy atom. The molecule has 3 aromatic rings. The predicted molar refractivity (Wildman–Crippen MR) is 119 cm³/mol. The Hall–Kier alpha value is -3.65. The number of pyridine rings is 1. The van der Waals surface area contributed by atoms with E-state index in [0.29, 0.717) is 24.4 Å². The number of aliphatic carboxylic acids is 1. The van der Waals surface area contributed by atoms with Crippen LogP contribution >= 0.6 is 0 Å². The predicted octanol–water partition coefficient (Wildman–Crippen LogP) is 1.85. The van der Waals surface area contributed by atoms with E-state index in [1.165, 1.54) is 0 Å². The number of H-pyrrole nitrogens is 1. The molecule has 0 saturated carbocycles. The van der Waals surface area contributed by atoms with E-state index in [2.05, 4.69) is 20.0 Å². The van der Waals surface area contributed by atoms with Crippen molar-refractivity contribution in [2.75, 3.05) is 24.1 Å². The number of anilines is 1. The normalized spacial score (nSPS) is 11.4. The van der Waals surface area contributed by atoms with Crippen LogP contribution in [0, 0.1) is 0 Å². The summed E-state index contributed by atoms with van der Waals surface area (Å²) in [5.74, 6) is -2.86. The van der Waals surface area contributed by atoms with Crippen molar-refractivity contribution in [3.63, 3.8) is 0 Å². The quantitative estimate of drug-likeness (QED) is 0.329. The second kappa shape index (κ2) is 11.0. The van der Waals surface area contributed by atoms with Crippen LogP contribution in [0.4, 0.5) is 18.9 Å². The minimum atomic E-state index is -5.08. The van der Waals surface area contributed by atoms with Crippen LogP contribution in [0.15, 0.2) is 42.6 Å². The zero-order chi connectivity index (χ0) is 25.5. The van der Waals surface area contributed by atoms with E-state index in [1.807, 2.05) is 24.3 Å². The van der Waals surface area contributed by atoms with Crippen molar-refractivity contribution >= 4 is 38.6 Å². The molecule has 0 saturated heterocycles. The van der Waals surface area contributed by atoms with Crippen molar-refractivity contribution in [3.05, 3.63) is 48.3 Å². The number of carboxylic acids is 1. The van der Waals surface area contributed by atoms with Gasteiger partial charge in [-0.1, -0.05) is 12.1 Å². The standard InChI is InChI=1S/C18H21N5O3S.C2HF3O2/c1-27(25,26)23-13-4-2-12(3-5-13)15-6-8-21-18-16(15)10-14(22-18)11-17(24)20-9-7-19;3-2(4,5)1(6)7/h2-6,8,10,23H,7,9,11,19H2,1H3,(H,20,24)(H,21,22);(H,6,7). The first-order chi connectivity index (χ1) is 15.8. The molecule has 6 N–H and O–H groups in total. The molecule has 0 bridgehead atoms. The van der Waals surface area contributed by atoms with Gasteiger partial charge < -0.3 is 21.1 Å². The first-order valence-corrected chi connectivity index (χ1v) is 11.5.